The lowest BCUT2D eigenvalue weighted by atomic mass is 10.0. The summed E-state index contributed by atoms with van der Waals surface area (Å²) < 4.78 is 0. The zero-order valence-corrected chi connectivity index (χ0v) is 21.5. The summed E-state index contributed by atoms with van der Waals surface area (Å²) in [4.78, 5) is 60.7. The largest absolute Gasteiger partial charge is 0.508 e. The molecule has 0 bridgehead atoms. The number of carboxylic acids is 1. The minimum Gasteiger partial charge on any atom is -0.508 e. The first-order valence-corrected chi connectivity index (χ1v) is 13.1. The van der Waals surface area contributed by atoms with Crippen molar-refractivity contribution >= 4 is 54.0 Å². The van der Waals surface area contributed by atoms with Crippen LogP contribution in [-0.4, -0.2) is 81.7 Å². The maximum atomic E-state index is 13.1. The van der Waals surface area contributed by atoms with Gasteiger partial charge in [-0.05, 0) is 42.5 Å². The van der Waals surface area contributed by atoms with Gasteiger partial charge in [0.2, 0.25) is 23.6 Å². The quantitative estimate of drug-likeness (QED) is 0.117. The molecule has 4 atom stereocenters. The maximum Gasteiger partial charge on any atom is 0.326 e. The van der Waals surface area contributed by atoms with Gasteiger partial charge in [-0.15, -0.1) is 0 Å². The summed E-state index contributed by atoms with van der Waals surface area (Å²) in [7, 11) is 0. The standard InChI is InChI=1S/C22H33N5O7S2/c1-36-9-8-15(22(33)34)25-21(32)17(11-35)27-20(31)16(10-12-2-4-13(28)5-3-12)26-19(30)14(23)6-7-18(24)29/h2-5,14-17,28,35H,6-11,23H2,1H3,(H2,24,29)(H,25,32)(H,26,30)(H,27,31)(H,33,34). The van der Waals surface area contributed by atoms with E-state index in [2.05, 4.69) is 28.6 Å². The molecule has 0 aliphatic carbocycles. The minimum absolute atomic E-state index is 0.00717. The summed E-state index contributed by atoms with van der Waals surface area (Å²) >= 11 is 5.52. The molecule has 4 unspecified atom stereocenters. The van der Waals surface area contributed by atoms with Crippen LogP contribution in [0.1, 0.15) is 24.8 Å². The Kier molecular flexibility index (Phi) is 13.7. The lowest BCUT2D eigenvalue weighted by Crippen LogP contribution is -2.58. The Bertz CT molecular complexity index is 917. The van der Waals surface area contributed by atoms with Crippen molar-refractivity contribution in [3.63, 3.8) is 0 Å². The number of carboxylic acid groups (broad SMARTS) is 1. The van der Waals surface area contributed by atoms with Gasteiger partial charge in [0.05, 0.1) is 6.04 Å². The lowest BCUT2D eigenvalue weighted by molar-refractivity contribution is -0.142. The molecule has 1 rings (SSSR count). The van der Waals surface area contributed by atoms with Crippen LogP contribution in [0.5, 0.6) is 5.75 Å². The van der Waals surface area contributed by atoms with Crippen LogP contribution in [0.15, 0.2) is 24.3 Å². The second-order valence-corrected chi connectivity index (χ2v) is 9.32. The average Bonchev–Trinajstić information content (AvgIpc) is 2.83. The number of nitrogens with two attached hydrogens (primary N) is 2. The first-order chi connectivity index (χ1) is 17.0. The van der Waals surface area contributed by atoms with Crippen LogP contribution >= 0.6 is 24.4 Å². The first kappa shape index (κ1) is 31.1. The molecule has 200 valence electrons. The molecule has 1 aromatic rings. The Morgan fingerprint density at radius 3 is 2.03 bits per heavy atom. The van der Waals surface area contributed by atoms with Crippen LogP contribution in [0.2, 0.25) is 0 Å². The van der Waals surface area contributed by atoms with Crippen LogP contribution in [0.25, 0.3) is 0 Å². The van der Waals surface area contributed by atoms with Gasteiger partial charge in [-0.25, -0.2) is 4.79 Å². The topological polar surface area (TPSA) is 214 Å². The summed E-state index contributed by atoms with van der Waals surface area (Å²) in [6, 6.07) is 1.33. The molecule has 12 nitrogen and oxygen atoms in total. The number of hydrogen-bond donors (Lipinski definition) is 8. The Balaban J connectivity index is 2.99. The molecule has 1 aromatic carbocycles. The van der Waals surface area contributed by atoms with Gasteiger partial charge in [-0.2, -0.15) is 24.4 Å². The smallest absolute Gasteiger partial charge is 0.326 e. The number of thioether (sulfide) groups is 1. The van der Waals surface area contributed by atoms with Crippen molar-refractivity contribution in [1.29, 1.82) is 0 Å². The third-order valence-corrected chi connectivity index (χ3v) is 6.10. The van der Waals surface area contributed by atoms with E-state index in [4.69, 9.17) is 11.5 Å². The number of aromatic hydroxyl groups is 1. The third kappa shape index (κ3) is 11.2. The van der Waals surface area contributed by atoms with Gasteiger partial charge in [0, 0.05) is 18.6 Å². The fourth-order valence-electron chi connectivity index (χ4n) is 3.02. The number of hydrogen-bond acceptors (Lipinski definition) is 9. The summed E-state index contributed by atoms with van der Waals surface area (Å²) in [5.41, 5.74) is 11.5. The van der Waals surface area contributed by atoms with E-state index in [1.807, 2.05) is 0 Å². The van der Waals surface area contributed by atoms with Crippen LogP contribution in [-0.2, 0) is 30.4 Å². The van der Waals surface area contributed by atoms with E-state index in [1.54, 1.807) is 18.4 Å². The number of thiol groups is 1. The van der Waals surface area contributed by atoms with E-state index in [-0.39, 0.29) is 37.2 Å². The van der Waals surface area contributed by atoms with Crippen LogP contribution < -0.4 is 27.4 Å². The molecule has 0 saturated heterocycles. The molecule has 0 fully saturated rings. The zero-order chi connectivity index (χ0) is 27.3. The Hall–Kier alpha value is -2.97. The highest BCUT2D eigenvalue weighted by atomic mass is 32.2. The number of aliphatic carboxylic acids is 1. The number of benzene rings is 1. The molecule has 0 heterocycles. The molecule has 0 saturated carbocycles. The van der Waals surface area contributed by atoms with E-state index in [9.17, 15) is 34.2 Å². The number of rotatable bonds is 16. The number of phenols is 1. The number of phenolic OH excluding ortho intramolecular Hbond substituents is 1. The molecule has 0 aromatic heterocycles. The summed E-state index contributed by atoms with van der Waals surface area (Å²) in [6.07, 6.45) is 1.85. The predicted octanol–water partition coefficient (Wildman–Crippen LogP) is -1.25. The summed E-state index contributed by atoms with van der Waals surface area (Å²) in [5.74, 6) is -3.62. The van der Waals surface area contributed by atoms with Crippen molar-refractivity contribution in [2.24, 2.45) is 11.5 Å². The molecule has 0 aliphatic rings. The highest BCUT2D eigenvalue weighted by molar-refractivity contribution is 7.98. The zero-order valence-electron chi connectivity index (χ0n) is 19.8. The highest BCUT2D eigenvalue weighted by Gasteiger charge is 2.30. The number of amides is 4. The predicted molar refractivity (Wildman–Crippen MR) is 138 cm³/mol. The molecular weight excluding hydrogens is 510 g/mol. The van der Waals surface area contributed by atoms with Crippen molar-refractivity contribution in [3.8, 4) is 5.75 Å². The fourth-order valence-corrected chi connectivity index (χ4v) is 3.74. The molecule has 4 amide bonds. The number of carbonyl (C=O) groups excluding carboxylic acids is 4. The summed E-state index contributed by atoms with van der Waals surface area (Å²) in [5, 5.41) is 26.2. The van der Waals surface area contributed by atoms with Gasteiger partial charge in [0.25, 0.3) is 0 Å². The third-order valence-electron chi connectivity index (χ3n) is 5.09. The Labute approximate surface area is 218 Å². The minimum atomic E-state index is -1.20. The van der Waals surface area contributed by atoms with Crippen molar-refractivity contribution < 1.29 is 34.2 Å². The van der Waals surface area contributed by atoms with Crippen molar-refractivity contribution in [2.75, 3.05) is 17.8 Å². The fraction of sp³-hybridized carbons (Fsp3) is 0.500. The van der Waals surface area contributed by atoms with E-state index in [0.29, 0.717) is 11.3 Å². The van der Waals surface area contributed by atoms with E-state index in [1.165, 1.54) is 23.9 Å². The monoisotopic (exact) mass is 543 g/mol. The van der Waals surface area contributed by atoms with Gasteiger partial charge in [-0.1, -0.05) is 12.1 Å². The summed E-state index contributed by atoms with van der Waals surface area (Å²) in [6.45, 7) is 0. The number of primary amides is 1. The SMILES string of the molecule is CSCCC(NC(=O)C(CS)NC(=O)C(Cc1ccc(O)cc1)NC(=O)C(N)CCC(N)=O)C(=O)O. The molecule has 36 heavy (non-hydrogen) atoms. The molecule has 14 heteroatoms. The van der Waals surface area contributed by atoms with Crippen LogP contribution in [0.3, 0.4) is 0 Å². The van der Waals surface area contributed by atoms with Gasteiger partial charge in [-0.3, -0.25) is 19.2 Å². The second-order valence-electron chi connectivity index (χ2n) is 7.97. The lowest BCUT2D eigenvalue weighted by Gasteiger charge is -2.24. The van der Waals surface area contributed by atoms with Gasteiger partial charge in [0.1, 0.15) is 23.9 Å². The average molecular weight is 544 g/mol. The van der Waals surface area contributed by atoms with Crippen molar-refractivity contribution in [1.82, 2.24) is 16.0 Å². The Morgan fingerprint density at radius 1 is 0.944 bits per heavy atom. The van der Waals surface area contributed by atoms with E-state index < -0.39 is 53.8 Å². The number of nitrogens with one attached hydrogen (secondary N) is 3. The van der Waals surface area contributed by atoms with Gasteiger partial charge in [0.15, 0.2) is 0 Å². The maximum absolute atomic E-state index is 13.1. The highest BCUT2D eigenvalue weighted by Crippen LogP contribution is 2.12. The first-order valence-electron chi connectivity index (χ1n) is 11.0. The van der Waals surface area contributed by atoms with Crippen molar-refractivity contribution in [3.05, 3.63) is 29.8 Å². The molecule has 0 spiro atoms. The molecule has 0 aliphatic heterocycles. The van der Waals surface area contributed by atoms with Crippen LogP contribution in [0, 0.1) is 0 Å². The number of carbonyl (C=O) groups is 5. The van der Waals surface area contributed by atoms with Gasteiger partial charge < -0.3 is 37.6 Å². The van der Waals surface area contributed by atoms with Crippen molar-refractivity contribution in [2.45, 2.75) is 49.9 Å². The second kappa shape index (κ2) is 15.9. The van der Waals surface area contributed by atoms with E-state index >= 15 is 0 Å². The molecule has 9 N–H and O–H groups in total. The Morgan fingerprint density at radius 2 is 1.50 bits per heavy atom. The van der Waals surface area contributed by atoms with E-state index in [0.717, 1.165) is 0 Å². The molecule has 0 radical (unpaired) electrons. The molecular formula is C22H33N5O7S2. The van der Waals surface area contributed by atoms with Crippen LogP contribution in [0.4, 0.5) is 0 Å². The van der Waals surface area contributed by atoms with Gasteiger partial charge >= 0.3 is 5.97 Å². The normalized spacial score (nSPS) is 14.1.